The summed E-state index contributed by atoms with van der Waals surface area (Å²) in [4.78, 5) is 0. The maximum absolute atomic E-state index is 6.07. The highest BCUT2D eigenvalue weighted by Gasteiger charge is 2.41. The van der Waals surface area contributed by atoms with Crippen molar-refractivity contribution in [2.45, 2.75) is 37.3 Å². The van der Waals surface area contributed by atoms with Crippen LogP contribution in [-0.2, 0) is 9.47 Å². The van der Waals surface area contributed by atoms with Crippen LogP contribution < -0.4 is 11.3 Å². The number of rotatable bonds is 3. The molecule has 3 rings (SSSR count). The van der Waals surface area contributed by atoms with Gasteiger partial charge in [0.05, 0.1) is 17.3 Å². The largest absolute Gasteiger partial charge is 0.381 e. The zero-order valence-electron chi connectivity index (χ0n) is 10.9. The summed E-state index contributed by atoms with van der Waals surface area (Å²) in [6.45, 7) is 2.39. The number of nitrogens with zero attached hydrogens (tertiary/aromatic N) is 2. The minimum atomic E-state index is -0.0142. The molecule has 2 aliphatic rings. The van der Waals surface area contributed by atoms with Crippen molar-refractivity contribution in [2.75, 3.05) is 19.8 Å². The molecule has 2 aliphatic heterocycles. The molecule has 0 aromatic carbocycles. The average molecular weight is 284 g/mol. The molecule has 6 nitrogen and oxygen atoms in total. The van der Waals surface area contributed by atoms with Crippen LogP contribution in [0.25, 0.3) is 0 Å². The van der Waals surface area contributed by atoms with Gasteiger partial charge in [-0.15, -0.1) is 5.10 Å². The molecule has 106 valence electrons. The van der Waals surface area contributed by atoms with E-state index < -0.39 is 0 Å². The molecular weight excluding hydrogens is 264 g/mol. The van der Waals surface area contributed by atoms with Crippen molar-refractivity contribution in [2.24, 2.45) is 11.8 Å². The standard InChI is InChI=1S/C12H20N4O2S/c13-14-11(10-8-19-16-15-10)9-1-4-18-12(7-9)2-5-17-6-3-12/h8-9,11,14H,1-7,13H2. The van der Waals surface area contributed by atoms with Crippen molar-refractivity contribution < 1.29 is 9.47 Å². The van der Waals surface area contributed by atoms with Gasteiger partial charge in [0.25, 0.3) is 0 Å². The van der Waals surface area contributed by atoms with Gasteiger partial charge in [-0.1, -0.05) is 4.49 Å². The van der Waals surface area contributed by atoms with Crippen molar-refractivity contribution in [3.05, 3.63) is 11.1 Å². The molecule has 0 saturated carbocycles. The lowest BCUT2D eigenvalue weighted by molar-refractivity contribution is -0.150. The van der Waals surface area contributed by atoms with Gasteiger partial charge in [0.15, 0.2) is 0 Å². The number of hydrogen-bond donors (Lipinski definition) is 2. The van der Waals surface area contributed by atoms with Crippen molar-refractivity contribution in [1.29, 1.82) is 0 Å². The lowest BCUT2D eigenvalue weighted by atomic mass is 9.77. The molecule has 3 heterocycles. The Morgan fingerprint density at radius 2 is 2.26 bits per heavy atom. The molecule has 0 bridgehead atoms. The molecule has 2 fully saturated rings. The van der Waals surface area contributed by atoms with Crippen molar-refractivity contribution in [3.63, 3.8) is 0 Å². The van der Waals surface area contributed by atoms with Gasteiger partial charge >= 0.3 is 0 Å². The van der Waals surface area contributed by atoms with Crippen LogP contribution in [0.5, 0.6) is 0 Å². The Labute approximate surface area is 116 Å². The van der Waals surface area contributed by atoms with Gasteiger partial charge in [-0.3, -0.25) is 11.3 Å². The smallest absolute Gasteiger partial charge is 0.0941 e. The third-order valence-electron chi connectivity index (χ3n) is 4.28. The SMILES string of the molecule is NNC(c1csnn1)C1CCOC2(CCOCC2)C1. The van der Waals surface area contributed by atoms with E-state index in [-0.39, 0.29) is 11.6 Å². The highest BCUT2D eigenvalue weighted by Crippen LogP contribution is 2.41. The van der Waals surface area contributed by atoms with E-state index in [9.17, 15) is 0 Å². The Morgan fingerprint density at radius 1 is 1.42 bits per heavy atom. The van der Waals surface area contributed by atoms with Crippen molar-refractivity contribution in [1.82, 2.24) is 15.0 Å². The molecule has 1 aromatic rings. The lowest BCUT2D eigenvalue weighted by Crippen LogP contribution is -2.47. The van der Waals surface area contributed by atoms with E-state index in [4.69, 9.17) is 15.3 Å². The van der Waals surface area contributed by atoms with Gasteiger partial charge in [-0.2, -0.15) is 0 Å². The predicted octanol–water partition coefficient (Wildman–Crippen LogP) is 1.02. The topological polar surface area (TPSA) is 82.3 Å². The van der Waals surface area contributed by atoms with Gasteiger partial charge in [-0.25, -0.2) is 0 Å². The Kier molecular flexibility index (Phi) is 4.09. The monoisotopic (exact) mass is 284 g/mol. The Bertz CT molecular complexity index is 389. The average Bonchev–Trinajstić information content (AvgIpc) is 2.95. The number of nitrogens with one attached hydrogen (secondary N) is 1. The molecule has 0 amide bonds. The fourth-order valence-corrected chi connectivity index (χ4v) is 3.70. The summed E-state index contributed by atoms with van der Waals surface area (Å²) in [5.41, 5.74) is 3.85. The number of aromatic nitrogens is 2. The quantitative estimate of drug-likeness (QED) is 0.637. The van der Waals surface area contributed by atoms with Gasteiger partial charge in [0.2, 0.25) is 0 Å². The van der Waals surface area contributed by atoms with Crippen LogP contribution in [0.15, 0.2) is 5.38 Å². The van der Waals surface area contributed by atoms with Gasteiger partial charge in [0.1, 0.15) is 0 Å². The van der Waals surface area contributed by atoms with Gasteiger partial charge < -0.3 is 9.47 Å². The van der Waals surface area contributed by atoms with Gasteiger partial charge in [0, 0.05) is 25.2 Å². The minimum Gasteiger partial charge on any atom is -0.381 e. The lowest BCUT2D eigenvalue weighted by Gasteiger charge is -2.44. The maximum atomic E-state index is 6.07. The van der Waals surface area contributed by atoms with Crippen molar-refractivity contribution in [3.8, 4) is 0 Å². The van der Waals surface area contributed by atoms with E-state index in [2.05, 4.69) is 15.0 Å². The first-order valence-electron chi connectivity index (χ1n) is 6.78. The number of hydrazine groups is 1. The number of hydrogen-bond acceptors (Lipinski definition) is 7. The molecule has 0 radical (unpaired) electrons. The molecule has 2 unspecified atom stereocenters. The molecule has 1 spiro atoms. The number of ether oxygens (including phenoxy) is 2. The predicted molar refractivity (Wildman–Crippen MR) is 71.4 cm³/mol. The van der Waals surface area contributed by atoms with Crippen LogP contribution in [0.4, 0.5) is 0 Å². The third kappa shape index (κ3) is 2.80. The first-order chi connectivity index (χ1) is 9.33. The van der Waals surface area contributed by atoms with E-state index in [0.29, 0.717) is 5.92 Å². The highest BCUT2D eigenvalue weighted by molar-refractivity contribution is 7.03. The molecular formula is C12H20N4O2S. The van der Waals surface area contributed by atoms with E-state index >= 15 is 0 Å². The summed E-state index contributed by atoms with van der Waals surface area (Å²) >= 11 is 1.37. The van der Waals surface area contributed by atoms with Crippen LogP contribution in [0.2, 0.25) is 0 Å². The summed E-state index contributed by atoms with van der Waals surface area (Å²) in [6, 6.07) is 0.0716. The van der Waals surface area contributed by atoms with Crippen LogP contribution in [0.3, 0.4) is 0 Å². The Morgan fingerprint density at radius 3 is 2.95 bits per heavy atom. The zero-order chi connectivity index (χ0) is 13.1. The molecule has 0 aliphatic carbocycles. The van der Waals surface area contributed by atoms with Crippen LogP contribution >= 0.6 is 11.5 Å². The van der Waals surface area contributed by atoms with Crippen molar-refractivity contribution >= 4 is 11.5 Å². The molecule has 7 heteroatoms. The first-order valence-corrected chi connectivity index (χ1v) is 7.61. The van der Waals surface area contributed by atoms with Crippen LogP contribution in [0.1, 0.15) is 37.4 Å². The molecule has 2 saturated heterocycles. The Hall–Kier alpha value is -0.600. The zero-order valence-corrected chi connectivity index (χ0v) is 11.7. The maximum Gasteiger partial charge on any atom is 0.0941 e. The van der Waals surface area contributed by atoms with Crippen LogP contribution in [0, 0.1) is 5.92 Å². The molecule has 19 heavy (non-hydrogen) atoms. The second-order valence-corrected chi connectivity index (χ2v) is 5.98. The number of nitrogens with two attached hydrogens (primary N) is 1. The fourth-order valence-electron chi connectivity index (χ4n) is 3.21. The first kappa shape index (κ1) is 13.4. The van der Waals surface area contributed by atoms with Gasteiger partial charge in [-0.05, 0) is 43.1 Å². The molecule has 1 aromatic heterocycles. The van der Waals surface area contributed by atoms with E-state index in [1.54, 1.807) is 0 Å². The normalized spacial score (nSPS) is 28.4. The van der Waals surface area contributed by atoms with E-state index in [1.165, 1.54) is 11.5 Å². The summed E-state index contributed by atoms with van der Waals surface area (Å²) < 4.78 is 15.5. The summed E-state index contributed by atoms with van der Waals surface area (Å²) in [5, 5.41) is 6.13. The highest BCUT2D eigenvalue weighted by atomic mass is 32.1. The third-order valence-corrected chi connectivity index (χ3v) is 4.80. The minimum absolute atomic E-state index is 0.0142. The second kappa shape index (κ2) is 5.80. The van der Waals surface area contributed by atoms with E-state index in [0.717, 1.165) is 51.2 Å². The van der Waals surface area contributed by atoms with E-state index in [1.807, 2.05) is 5.38 Å². The summed E-state index contributed by atoms with van der Waals surface area (Å²) in [7, 11) is 0. The molecule has 2 atom stereocenters. The summed E-state index contributed by atoms with van der Waals surface area (Å²) in [5.74, 6) is 6.18. The Balaban J connectivity index is 1.73. The summed E-state index contributed by atoms with van der Waals surface area (Å²) in [6.07, 6.45) is 3.99. The molecule has 3 N–H and O–H groups in total. The van der Waals surface area contributed by atoms with Crippen LogP contribution in [-0.4, -0.2) is 35.0 Å². The fraction of sp³-hybridized carbons (Fsp3) is 0.833. The second-order valence-electron chi connectivity index (χ2n) is 5.37.